The Morgan fingerprint density at radius 1 is 1.47 bits per heavy atom. The van der Waals surface area contributed by atoms with Gasteiger partial charge in [-0.2, -0.15) is 5.26 Å². The van der Waals surface area contributed by atoms with Crippen molar-refractivity contribution in [2.75, 3.05) is 18.5 Å². The van der Waals surface area contributed by atoms with Gasteiger partial charge in [0, 0.05) is 7.05 Å². The lowest BCUT2D eigenvalue weighted by Crippen LogP contribution is -2.41. The van der Waals surface area contributed by atoms with E-state index in [0.717, 1.165) is 4.90 Å². The Morgan fingerprint density at radius 2 is 2.12 bits per heavy atom. The minimum Gasteiger partial charge on any atom is -0.335 e. The number of carbonyl (C=O) groups excluding carboxylic acids is 2. The maximum absolute atomic E-state index is 13.3. The first kappa shape index (κ1) is 12.6. The van der Waals surface area contributed by atoms with E-state index < -0.39 is 17.6 Å². The van der Waals surface area contributed by atoms with Gasteiger partial charge in [-0.25, -0.2) is 4.39 Å². The lowest BCUT2D eigenvalue weighted by Gasteiger charge is -2.16. The highest BCUT2D eigenvalue weighted by atomic mass is 19.1. The SMILES string of the molecule is CN(C(=O)C(=O)NCC#N)c1ccccc1F. The van der Waals surface area contributed by atoms with Crippen molar-refractivity contribution in [1.82, 2.24) is 5.32 Å². The van der Waals surface area contributed by atoms with Gasteiger partial charge in [0.25, 0.3) is 0 Å². The molecule has 0 heterocycles. The Bertz CT molecular complexity index is 482. The first-order valence-electron chi connectivity index (χ1n) is 4.75. The Balaban J connectivity index is 2.81. The summed E-state index contributed by atoms with van der Waals surface area (Å²) in [6, 6.07) is 7.26. The number of halogens is 1. The molecule has 0 saturated heterocycles. The summed E-state index contributed by atoms with van der Waals surface area (Å²) in [5, 5.41) is 10.3. The third kappa shape index (κ3) is 3.01. The van der Waals surface area contributed by atoms with Crippen LogP contribution < -0.4 is 10.2 Å². The fourth-order valence-corrected chi connectivity index (χ4v) is 1.18. The molecule has 0 unspecified atom stereocenters. The number of rotatable bonds is 2. The largest absolute Gasteiger partial charge is 0.335 e. The van der Waals surface area contributed by atoms with E-state index in [2.05, 4.69) is 5.32 Å². The standard InChI is InChI=1S/C11H10FN3O2/c1-15(9-5-3-2-4-8(9)12)11(17)10(16)14-7-6-13/h2-5H,7H2,1H3,(H,14,16). The molecule has 1 rings (SSSR count). The Labute approximate surface area is 97.4 Å². The zero-order chi connectivity index (χ0) is 12.8. The summed E-state index contributed by atoms with van der Waals surface area (Å²) in [5.74, 6) is -2.47. The van der Waals surface area contributed by atoms with Crippen LogP contribution in [0.3, 0.4) is 0 Å². The molecule has 2 amide bonds. The lowest BCUT2D eigenvalue weighted by atomic mass is 10.3. The van der Waals surface area contributed by atoms with Crippen molar-refractivity contribution in [2.24, 2.45) is 0 Å². The number of hydrogen-bond donors (Lipinski definition) is 1. The second kappa shape index (κ2) is 5.61. The first-order valence-corrected chi connectivity index (χ1v) is 4.75. The number of benzene rings is 1. The number of likely N-dealkylation sites (N-methyl/N-ethyl adjacent to an activating group) is 1. The van der Waals surface area contributed by atoms with Gasteiger partial charge in [-0.15, -0.1) is 0 Å². The molecule has 0 radical (unpaired) electrons. The first-order chi connectivity index (χ1) is 8.07. The molecule has 0 spiro atoms. The Hall–Kier alpha value is -2.42. The van der Waals surface area contributed by atoms with Gasteiger partial charge in [0.05, 0.1) is 11.8 Å². The van der Waals surface area contributed by atoms with Gasteiger partial charge in [0.1, 0.15) is 12.4 Å². The van der Waals surface area contributed by atoms with Crippen LogP contribution in [0.4, 0.5) is 10.1 Å². The number of para-hydroxylation sites is 1. The van der Waals surface area contributed by atoms with E-state index in [1.807, 2.05) is 0 Å². The van der Waals surface area contributed by atoms with Crippen LogP contribution in [-0.4, -0.2) is 25.4 Å². The van der Waals surface area contributed by atoms with Crippen LogP contribution in [-0.2, 0) is 9.59 Å². The minimum atomic E-state index is -0.947. The van der Waals surface area contributed by atoms with E-state index in [9.17, 15) is 14.0 Å². The van der Waals surface area contributed by atoms with Crippen LogP contribution in [0.15, 0.2) is 24.3 Å². The summed E-state index contributed by atoms with van der Waals surface area (Å²) in [4.78, 5) is 23.7. The van der Waals surface area contributed by atoms with E-state index in [1.165, 1.54) is 25.2 Å². The van der Waals surface area contributed by atoms with Gasteiger partial charge in [0.2, 0.25) is 0 Å². The zero-order valence-corrected chi connectivity index (χ0v) is 9.11. The summed E-state index contributed by atoms with van der Waals surface area (Å²) in [7, 11) is 1.28. The van der Waals surface area contributed by atoms with Gasteiger partial charge < -0.3 is 10.2 Å². The second-order valence-corrected chi connectivity index (χ2v) is 3.16. The maximum Gasteiger partial charge on any atom is 0.316 e. The average molecular weight is 235 g/mol. The number of hydrogen-bond acceptors (Lipinski definition) is 3. The molecule has 6 heteroatoms. The number of amides is 2. The molecule has 0 saturated carbocycles. The smallest absolute Gasteiger partial charge is 0.316 e. The molecular formula is C11H10FN3O2. The summed E-state index contributed by atoms with van der Waals surface area (Å²) in [6.45, 7) is -0.268. The van der Waals surface area contributed by atoms with Gasteiger partial charge in [-0.05, 0) is 12.1 Å². The molecule has 0 aromatic heterocycles. The van der Waals surface area contributed by atoms with E-state index >= 15 is 0 Å². The molecule has 1 N–H and O–H groups in total. The highest BCUT2D eigenvalue weighted by Gasteiger charge is 2.21. The molecule has 0 aliphatic carbocycles. The summed E-state index contributed by atoms with van der Waals surface area (Å²) in [5.41, 5.74) is 0.00427. The van der Waals surface area contributed by atoms with E-state index in [0.29, 0.717) is 0 Å². The van der Waals surface area contributed by atoms with Crippen molar-refractivity contribution in [3.63, 3.8) is 0 Å². The minimum absolute atomic E-state index is 0.00427. The third-order valence-electron chi connectivity index (χ3n) is 2.04. The van der Waals surface area contributed by atoms with Crippen LogP contribution in [0.1, 0.15) is 0 Å². The lowest BCUT2D eigenvalue weighted by molar-refractivity contribution is -0.137. The highest BCUT2D eigenvalue weighted by molar-refractivity contribution is 6.40. The number of carbonyl (C=O) groups is 2. The van der Waals surface area contributed by atoms with Crippen molar-refractivity contribution < 1.29 is 14.0 Å². The van der Waals surface area contributed by atoms with Gasteiger partial charge in [-0.1, -0.05) is 12.1 Å². The maximum atomic E-state index is 13.3. The topological polar surface area (TPSA) is 73.2 Å². The van der Waals surface area contributed by atoms with Crippen LogP contribution >= 0.6 is 0 Å². The molecule has 5 nitrogen and oxygen atoms in total. The Morgan fingerprint density at radius 3 is 2.71 bits per heavy atom. The molecule has 1 aromatic rings. The van der Waals surface area contributed by atoms with Gasteiger partial charge in [-0.3, -0.25) is 9.59 Å². The van der Waals surface area contributed by atoms with Crippen LogP contribution in [0.25, 0.3) is 0 Å². The average Bonchev–Trinajstić information content (AvgIpc) is 2.34. The summed E-state index contributed by atoms with van der Waals surface area (Å²) < 4.78 is 13.3. The zero-order valence-electron chi connectivity index (χ0n) is 9.11. The number of nitrogens with one attached hydrogen (secondary N) is 1. The quantitative estimate of drug-likeness (QED) is 0.596. The molecule has 17 heavy (non-hydrogen) atoms. The number of nitriles is 1. The van der Waals surface area contributed by atoms with Gasteiger partial charge >= 0.3 is 11.8 Å². The van der Waals surface area contributed by atoms with Crippen LogP contribution in [0.2, 0.25) is 0 Å². The van der Waals surface area contributed by atoms with E-state index in [-0.39, 0.29) is 12.2 Å². The molecular weight excluding hydrogens is 225 g/mol. The second-order valence-electron chi connectivity index (χ2n) is 3.16. The predicted molar refractivity (Wildman–Crippen MR) is 58.4 cm³/mol. The van der Waals surface area contributed by atoms with Crippen LogP contribution in [0.5, 0.6) is 0 Å². The molecule has 1 aromatic carbocycles. The van der Waals surface area contributed by atoms with Gasteiger partial charge in [0.15, 0.2) is 0 Å². The molecule has 0 fully saturated rings. The predicted octanol–water partition coefficient (Wildman–Crippen LogP) is 0.428. The summed E-state index contributed by atoms with van der Waals surface area (Å²) >= 11 is 0. The summed E-state index contributed by atoms with van der Waals surface area (Å²) in [6.07, 6.45) is 0. The number of anilines is 1. The van der Waals surface area contributed by atoms with E-state index in [4.69, 9.17) is 5.26 Å². The van der Waals surface area contributed by atoms with Crippen molar-refractivity contribution in [1.29, 1.82) is 5.26 Å². The molecule has 88 valence electrons. The Kier molecular flexibility index (Phi) is 4.17. The highest BCUT2D eigenvalue weighted by Crippen LogP contribution is 2.16. The molecule has 0 bridgehead atoms. The molecule has 0 atom stereocenters. The third-order valence-corrected chi connectivity index (χ3v) is 2.04. The number of nitrogens with zero attached hydrogens (tertiary/aromatic N) is 2. The molecule has 0 aliphatic rings. The fraction of sp³-hybridized carbons (Fsp3) is 0.182. The van der Waals surface area contributed by atoms with Crippen molar-refractivity contribution in [3.8, 4) is 6.07 Å². The van der Waals surface area contributed by atoms with Crippen LogP contribution in [0, 0.1) is 17.1 Å². The van der Waals surface area contributed by atoms with Crippen molar-refractivity contribution in [2.45, 2.75) is 0 Å². The van der Waals surface area contributed by atoms with Crippen molar-refractivity contribution >= 4 is 17.5 Å². The van der Waals surface area contributed by atoms with Crippen molar-refractivity contribution in [3.05, 3.63) is 30.1 Å². The fourth-order valence-electron chi connectivity index (χ4n) is 1.18. The van der Waals surface area contributed by atoms with E-state index in [1.54, 1.807) is 12.1 Å². The molecule has 0 aliphatic heterocycles. The monoisotopic (exact) mass is 235 g/mol. The normalized spacial score (nSPS) is 9.24.